The highest BCUT2D eigenvalue weighted by Gasteiger charge is 2.26. The molecule has 0 saturated carbocycles. The van der Waals surface area contributed by atoms with Crippen LogP contribution >= 0.6 is 15.8 Å². The highest BCUT2D eigenvalue weighted by Crippen LogP contribution is 2.59. The molecule has 0 fully saturated rings. The van der Waals surface area contributed by atoms with E-state index in [1.807, 2.05) is 0 Å². The van der Waals surface area contributed by atoms with Crippen molar-refractivity contribution < 1.29 is 0 Å². The second-order valence-electron chi connectivity index (χ2n) is 5.88. The molecular formula is C11H26B2P2. The molecule has 0 saturated heterocycles. The zero-order valence-electron chi connectivity index (χ0n) is 11.8. The van der Waals surface area contributed by atoms with Crippen molar-refractivity contribution in [1.29, 1.82) is 0 Å². The van der Waals surface area contributed by atoms with Crippen LogP contribution in [0.25, 0.3) is 0 Å². The minimum atomic E-state index is 0. The van der Waals surface area contributed by atoms with Crippen molar-refractivity contribution in [2.75, 3.05) is 19.2 Å². The maximum atomic E-state index is 2.46. The van der Waals surface area contributed by atoms with Crippen LogP contribution < -0.4 is 0 Å². The summed E-state index contributed by atoms with van der Waals surface area (Å²) < 4.78 is 0. The van der Waals surface area contributed by atoms with Gasteiger partial charge in [-0.2, -0.15) is 0 Å². The Morgan fingerprint density at radius 2 is 0.867 bits per heavy atom. The van der Waals surface area contributed by atoms with Crippen molar-refractivity contribution in [2.24, 2.45) is 0 Å². The Bertz CT molecular complexity index is 141. The van der Waals surface area contributed by atoms with Crippen molar-refractivity contribution >= 4 is 32.7 Å². The fraction of sp³-hybridized carbons (Fsp3) is 1.00. The van der Waals surface area contributed by atoms with Crippen LogP contribution in [0.3, 0.4) is 0 Å². The lowest BCUT2D eigenvalue weighted by atomic mass is 10.3. The van der Waals surface area contributed by atoms with Gasteiger partial charge in [0.1, 0.15) is 0 Å². The fourth-order valence-corrected chi connectivity index (χ4v) is 6.68. The smallest absolute Gasteiger partial charge is 0 e. The maximum Gasteiger partial charge on any atom is 0 e. The monoisotopic (exact) mass is 242 g/mol. The molecular weight excluding hydrogens is 216 g/mol. The summed E-state index contributed by atoms with van der Waals surface area (Å²) in [7, 11) is 0.407. The molecule has 0 N–H and O–H groups in total. The Balaban J connectivity index is -0.000000720. The number of rotatable bonds is 2. The van der Waals surface area contributed by atoms with Crippen LogP contribution in [0.1, 0.15) is 41.5 Å². The standard InChI is InChI=1S/C11H26P2.2B/c1-10(2,3)12(7)9-13(8)11(4,5)6;;/h9H2,1-8H3;;/t12-,13?;;/m0../s1. The van der Waals surface area contributed by atoms with E-state index in [4.69, 9.17) is 0 Å². The van der Waals surface area contributed by atoms with Crippen LogP contribution in [-0.2, 0) is 0 Å². The lowest BCUT2D eigenvalue weighted by Gasteiger charge is -2.35. The van der Waals surface area contributed by atoms with Gasteiger partial charge in [0.05, 0.1) is 0 Å². The normalized spacial score (nSPS) is 16.0. The summed E-state index contributed by atoms with van der Waals surface area (Å²) in [6, 6.07) is 0. The Morgan fingerprint density at radius 1 is 0.667 bits per heavy atom. The van der Waals surface area contributed by atoms with E-state index >= 15 is 0 Å². The van der Waals surface area contributed by atoms with Gasteiger partial charge >= 0.3 is 0 Å². The first-order chi connectivity index (χ1) is 5.55. The maximum absolute atomic E-state index is 2.46. The molecule has 0 rings (SSSR count). The van der Waals surface area contributed by atoms with Gasteiger partial charge in [-0.05, 0) is 29.5 Å². The molecule has 0 aromatic heterocycles. The molecule has 6 radical (unpaired) electrons. The summed E-state index contributed by atoms with van der Waals surface area (Å²) in [6.45, 7) is 19.2. The Kier molecular flexibility index (Phi) is 10.4. The van der Waals surface area contributed by atoms with E-state index < -0.39 is 0 Å². The molecule has 0 aliphatic heterocycles. The molecule has 0 aliphatic rings. The summed E-state index contributed by atoms with van der Waals surface area (Å²) in [5.74, 6) is 1.47. The first-order valence-electron chi connectivity index (χ1n) is 4.97. The van der Waals surface area contributed by atoms with Gasteiger partial charge in [0, 0.05) is 16.8 Å². The zero-order chi connectivity index (χ0) is 10.9. The summed E-state index contributed by atoms with van der Waals surface area (Å²) in [5.41, 5.74) is 0. The molecule has 0 bridgehead atoms. The molecule has 0 aliphatic carbocycles. The van der Waals surface area contributed by atoms with Gasteiger partial charge in [-0.15, -0.1) is 0 Å². The fourth-order valence-electron chi connectivity index (χ4n) is 0.742. The van der Waals surface area contributed by atoms with Crippen molar-refractivity contribution in [3.8, 4) is 0 Å². The van der Waals surface area contributed by atoms with Crippen molar-refractivity contribution in [3.63, 3.8) is 0 Å². The van der Waals surface area contributed by atoms with Gasteiger partial charge < -0.3 is 0 Å². The first kappa shape index (κ1) is 21.3. The van der Waals surface area contributed by atoms with Crippen LogP contribution in [0, 0.1) is 0 Å². The van der Waals surface area contributed by atoms with Gasteiger partial charge in [0.2, 0.25) is 0 Å². The van der Waals surface area contributed by atoms with Crippen LogP contribution in [-0.4, -0.2) is 46.4 Å². The number of hydrogen-bond acceptors (Lipinski definition) is 0. The van der Waals surface area contributed by atoms with E-state index in [0.717, 1.165) is 0 Å². The largest absolute Gasteiger partial charge is 0.1000 e. The topological polar surface area (TPSA) is 0 Å². The SMILES string of the molecule is CP(C[P@](C)C(C)(C)C)C(C)(C)C.[B].[B]. The Hall–Kier alpha value is 0.990. The molecule has 86 valence electrons. The van der Waals surface area contributed by atoms with Gasteiger partial charge in [-0.25, -0.2) is 0 Å². The summed E-state index contributed by atoms with van der Waals surface area (Å²) in [4.78, 5) is 0. The van der Waals surface area contributed by atoms with E-state index in [1.165, 1.54) is 5.90 Å². The predicted molar refractivity (Wildman–Crippen MR) is 81.6 cm³/mol. The van der Waals surface area contributed by atoms with Crippen molar-refractivity contribution in [3.05, 3.63) is 0 Å². The highest BCUT2D eigenvalue weighted by atomic mass is 31.2. The average Bonchev–Trinajstić information content (AvgIpc) is 1.82. The van der Waals surface area contributed by atoms with Crippen LogP contribution in [0.4, 0.5) is 0 Å². The summed E-state index contributed by atoms with van der Waals surface area (Å²) >= 11 is 0. The highest BCUT2D eigenvalue weighted by molar-refractivity contribution is 7.75. The summed E-state index contributed by atoms with van der Waals surface area (Å²) in [5, 5.41) is 1.08. The first-order valence-corrected chi connectivity index (χ1v) is 8.92. The van der Waals surface area contributed by atoms with E-state index in [0.29, 0.717) is 10.3 Å². The molecule has 0 amide bonds. The van der Waals surface area contributed by atoms with E-state index in [2.05, 4.69) is 54.9 Å². The molecule has 15 heavy (non-hydrogen) atoms. The third-order valence-corrected chi connectivity index (χ3v) is 10.7. The third-order valence-electron chi connectivity index (χ3n) is 2.71. The molecule has 0 spiro atoms. The zero-order valence-corrected chi connectivity index (χ0v) is 13.5. The minimum absolute atomic E-state index is 0. The van der Waals surface area contributed by atoms with Crippen LogP contribution in [0.15, 0.2) is 0 Å². The third kappa shape index (κ3) is 8.76. The van der Waals surface area contributed by atoms with E-state index in [-0.39, 0.29) is 32.7 Å². The van der Waals surface area contributed by atoms with E-state index in [9.17, 15) is 0 Å². The lowest BCUT2D eigenvalue weighted by Crippen LogP contribution is -2.17. The van der Waals surface area contributed by atoms with Crippen molar-refractivity contribution in [2.45, 2.75) is 51.9 Å². The molecule has 0 heterocycles. The lowest BCUT2D eigenvalue weighted by molar-refractivity contribution is 0.778. The molecule has 1 unspecified atom stereocenters. The van der Waals surface area contributed by atoms with E-state index in [1.54, 1.807) is 0 Å². The van der Waals surface area contributed by atoms with Gasteiger partial charge in [0.15, 0.2) is 0 Å². The van der Waals surface area contributed by atoms with Gasteiger partial charge in [-0.1, -0.05) is 57.4 Å². The van der Waals surface area contributed by atoms with Crippen LogP contribution in [0.2, 0.25) is 0 Å². The quantitative estimate of drug-likeness (QED) is 0.507. The number of hydrogen-bond donors (Lipinski definition) is 0. The molecule has 2 atom stereocenters. The van der Waals surface area contributed by atoms with Crippen molar-refractivity contribution in [1.82, 2.24) is 0 Å². The second-order valence-corrected chi connectivity index (χ2v) is 12.5. The summed E-state index contributed by atoms with van der Waals surface area (Å²) in [6.07, 6.45) is 0. The van der Waals surface area contributed by atoms with Gasteiger partial charge in [0.25, 0.3) is 0 Å². The average molecular weight is 242 g/mol. The van der Waals surface area contributed by atoms with Crippen LogP contribution in [0.5, 0.6) is 0 Å². The minimum Gasteiger partial charge on any atom is -0.1000 e. The Labute approximate surface area is 104 Å². The Morgan fingerprint density at radius 3 is 1.00 bits per heavy atom. The molecule has 0 aromatic carbocycles. The molecule has 0 aromatic rings. The second kappa shape index (κ2) is 7.34. The molecule has 0 nitrogen and oxygen atoms in total. The van der Waals surface area contributed by atoms with Gasteiger partial charge in [-0.3, -0.25) is 0 Å². The predicted octanol–water partition coefficient (Wildman–Crippen LogP) is 4.00. The molecule has 4 heteroatoms.